The average molecular weight is 729 g/mol. The number of hydrogen-bond donors (Lipinski definition) is 10. The van der Waals surface area contributed by atoms with E-state index in [0.717, 1.165) is 24.0 Å². The van der Waals surface area contributed by atoms with Gasteiger partial charge in [0, 0.05) is 25.0 Å². The number of carbonyl (C=O) groups excluding carboxylic acids is 2. The van der Waals surface area contributed by atoms with Gasteiger partial charge in [-0.3, -0.25) is 4.99 Å². The van der Waals surface area contributed by atoms with Gasteiger partial charge in [-0.05, 0) is 32.1 Å². The number of rotatable bonds is 15. The Morgan fingerprint density at radius 2 is 1.84 bits per heavy atom. The number of ether oxygens (including phenoxy) is 4. The van der Waals surface area contributed by atoms with Crippen molar-refractivity contribution in [3.05, 3.63) is 36.6 Å². The number of hydrogen-bond acceptors (Lipinski definition) is 15. The van der Waals surface area contributed by atoms with Crippen LogP contribution in [0.1, 0.15) is 32.1 Å². The van der Waals surface area contributed by atoms with E-state index >= 15 is 0 Å². The smallest absolute Gasteiger partial charge is 0.338 e. The average Bonchev–Trinajstić information content (AvgIpc) is 3.61. The van der Waals surface area contributed by atoms with Crippen LogP contribution in [0.3, 0.4) is 0 Å². The minimum Gasteiger partial charge on any atom is -0.550 e. The van der Waals surface area contributed by atoms with Gasteiger partial charge in [0.25, 0.3) is 0 Å². The fourth-order valence-corrected chi connectivity index (χ4v) is 7.08. The van der Waals surface area contributed by atoms with Gasteiger partial charge < -0.3 is 80.5 Å². The molecular formula is C33H52N4O14. The highest BCUT2D eigenvalue weighted by molar-refractivity contribution is 5.89. The molecule has 0 spiro atoms. The van der Waals surface area contributed by atoms with Gasteiger partial charge in [-0.15, -0.1) is 6.58 Å². The molecule has 0 aromatic rings. The Hall–Kier alpha value is -3.17. The second kappa shape index (κ2) is 18.5. The molecule has 1 aliphatic carbocycles. The predicted molar refractivity (Wildman–Crippen MR) is 173 cm³/mol. The van der Waals surface area contributed by atoms with Crippen LogP contribution in [0.4, 0.5) is 0 Å². The van der Waals surface area contributed by atoms with Crippen LogP contribution < -0.4 is 21.1 Å². The Morgan fingerprint density at radius 1 is 1.12 bits per heavy atom. The zero-order valence-corrected chi connectivity index (χ0v) is 28.4. The van der Waals surface area contributed by atoms with Crippen molar-refractivity contribution in [2.75, 3.05) is 46.0 Å². The summed E-state index contributed by atoms with van der Waals surface area (Å²) in [5, 5.41) is 85.4. The van der Waals surface area contributed by atoms with Crippen molar-refractivity contribution in [3.8, 4) is 0 Å². The fourth-order valence-electron chi connectivity index (χ4n) is 7.08. The van der Waals surface area contributed by atoms with E-state index in [9.17, 15) is 45.3 Å². The van der Waals surface area contributed by atoms with Crippen molar-refractivity contribution in [1.29, 1.82) is 0 Å². The first kappa shape index (κ1) is 40.6. The number of allylic oxidation sites excluding steroid dienone is 1. The standard InChI is InChI=1S/C33H52N4O14/c1-2-20-21(9-8-18-14-37(11-13-39)15-22(28(43)44)25(18)36-32(34)35-10-5-12-38)23(29(45)49-19-6-3-4-7-19)17-48-30(20)51-31-27(42)33(46,47)26(41)24(16-40)50-31/h2,8-9,17-22,24-27,30-31,38-42,46-47H,1,3-7,10-16H2,(H,43,44)(H3,34,35,36)/t18?,20-,21-,22?,24+,25?,26+,27-,30-,31+/m0/s1. The molecule has 4 unspecified atom stereocenters. The Balaban J connectivity index is 1.68. The van der Waals surface area contributed by atoms with Gasteiger partial charge >= 0.3 is 5.97 Å². The highest BCUT2D eigenvalue weighted by Gasteiger charge is 2.56. The number of carboxylic acid groups (broad SMARTS) is 1. The molecule has 51 heavy (non-hydrogen) atoms. The Kier molecular flexibility index (Phi) is 14.8. The van der Waals surface area contributed by atoms with Crippen LogP contribution in [0.25, 0.3) is 0 Å². The van der Waals surface area contributed by atoms with Crippen LogP contribution in [0.15, 0.2) is 41.6 Å². The molecule has 11 atom stereocenters. The minimum atomic E-state index is -3.12. The summed E-state index contributed by atoms with van der Waals surface area (Å²) >= 11 is 0. The zero-order valence-electron chi connectivity index (χ0n) is 28.4. The van der Waals surface area contributed by atoms with Gasteiger partial charge in [-0.25, -0.2) is 4.79 Å². The normalized spacial score (nSPS) is 35.9. The van der Waals surface area contributed by atoms with E-state index in [4.69, 9.17) is 29.8 Å². The molecule has 1 saturated carbocycles. The first-order chi connectivity index (χ1) is 24.4. The first-order valence-electron chi connectivity index (χ1n) is 17.3. The molecule has 0 radical (unpaired) electrons. The number of piperidine rings is 1. The SMILES string of the molecule is C=C[C@@H]1[C@H](O[C@H]2O[C@H](CO)[C@@H](O)C(O)(O)[C@H]2O)OC=C(C(=O)OC2CCCC2)[C@H]1C=CC1C[NH+](CCO)CC(C(=O)[O-])C1NC(N)=NCCCO. The first-order valence-corrected chi connectivity index (χ1v) is 17.3. The number of aliphatic hydroxyl groups is 7. The summed E-state index contributed by atoms with van der Waals surface area (Å²) in [5.74, 6) is -8.60. The van der Waals surface area contributed by atoms with Crippen LogP contribution >= 0.6 is 0 Å². The number of aliphatic imine (C=N–C) groups is 1. The summed E-state index contributed by atoms with van der Waals surface area (Å²) in [6.07, 6.45) is 0.143. The van der Waals surface area contributed by atoms with Gasteiger partial charge in [0.1, 0.15) is 24.9 Å². The summed E-state index contributed by atoms with van der Waals surface area (Å²) in [6, 6.07) is -0.826. The fraction of sp³-hybridized carbons (Fsp3) is 0.727. The number of quaternary nitrogens is 1. The third-order valence-corrected chi connectivity index (χ3v) is 9.91. The van der Waals surface area contributed by atoms with Gasteiger partial charge in [0.2, 0.25) is 12.1 Å². The lowest BCUT2D eigenvalue weighted by molar-refractivity contribution is -0.911. The summed E-state index contributed by atoms with van der Waals surface area (Å²) in [7, 11) is 0. The van der Waals surface area contributed by atoms with Crippen LogP contribution in [-0.4, -0.2) is 148 Å². The van der Waals surface area contributed by atoms with Crippen molar-refractivity contribution < 1.29 is 74.3 Å². The molecule has 0 aromatic heterocycles. The van der Waals surface area contributed by atoms with Crippen molar-refractivity contribution in [3.63, 3.8) is 0 Å². The maximum absolute atomic E-state index is 13.6. The number of esters is 1. The Morgan fingerprint density at radius 3 is 2.47 bits per heavy atom. The molecule has 0 bridgehead atoms. The van der Waals surface area contributed by atoms with Crippen molar-refractivity contribution in [1.82, 2.24) is 5.32 Å². The Bertz CT molecular complexity index is 1270. The van der Waals surface area contributed by atoms with Crippen LogP contribution in [-0.2, 0) is 28.5 Å². The topological polar surface area (TPSA) is 291 Å². The predicted octanol–water partition coefficient (Wildman–Crippen LogP) is -5.65. The highest BCUT2D eigenvalue weighted by Crippen LogP contribution is 2.38. The molecule has 3 heterocycles. The number of aliphatic carboxylic acids is 1. The number of nitrogens with one attached hydrogen (secondary N) is 2. The van der Waals surface area contributed by atoms with Crippen molar-refractivity contribution in [2.45, 2.75) is 80.9 Å². The number of aliphatic hydroxyl groups excluding tert-OH is 5. The quantitative estimate of drug-likeness (QED) is 0.0188. The molecule has 11 N–H and O–H groups in total. The monoisotopic (exact) mass is 728 g/mol. The minimum absolute atomic E-state index is 0.0332. The maximum Gasteiger partial charge on any atom is 0.338 e. The molecule has 4 aliphatic rings. The molecule has 0 amide bonds. The molecular weight excluding hydrogens is 676 g/mol. The van der Waals surface area contributed by atoms with E-state index in [-0.39, 0.29) is 50.5 Å². The summed E-state index contributed by atoms with van der Waals surface area (Å²) in [5.41, 5.74) is 6.19. The molecule has 3 aliphatic heterocycles. The third-order valence-electron chi connectivity index (χ3n) is 9.91. The maximum atomic E-state index is 13.6. The van der Waals surface area contributed by atoms with E-state index in [1.807, 2.05) is 0 Å². The van der Waals surface area contributed by atoms with Crippen LogP contribution in [0.2, 0.25) is 0 Å². The molecule has 18 heteroatoms. The number of guanidine groups is 1. The second-order valence-corrected chi connectivity index (χ2v) is 13.4. The van der Waals surface area contributed by atoms with Gasteiger partial charge in [0.15, 0.2) is 18.4 Å². The lowest BCUT2D eigenvalue weighted by Crippen LogP contribution is -3.16. The largest absolute Gasteiger partial charge is 0.550 e. The number of nitrogens with zero attached hydrogens (tertiary/aromatic N) is 1. The van der Waals surface area contributed by atoms with Crippen molar-refractivity contribution >= 4 is 17.9 Å². The van der Waals surface area contributed by atoms with Gasteiger partial charge in [-0.1, -0.05) is 18.2 Å². The summed E-state index contributed by atoms with van der Waals surface area (Å²) in [6.45, 7) is 3.67. The number of likely N-dealkylation sites (tertiary alicyclic amines) is 1. The third kappa shape index (κ3) is 9.83. The summed E-state index contributed by atoms with van der Waals surface area (Å²) < 4.78 is 22.9. The van der Waals surface area contributed by atoms with Crippen molar-refractivity contribution in [2.24, 2.45) is 34.4 Å². The van der Waals surface area contributed by atoms with Gasteiger partial charge in [0.05, 0.1) is 62.0 Å². The van der Waals surface area contributed by atoms with E-state index in [1.165, 1.54) is 6.08 Å². The molecule has 0 aromatic carbocycles. The van der Waals surface area contributed by atoms with E-state index in [0.29, 0.717) is 25.8 Å². The van der Waals surface area contributed by atoms with E-state index in [1.54, 1.807) is 12.2 Å². The van der Waals surface area contributed by atoms with Crippen LogP contribution in [0, 0.1) is 23.7 Å². The van der Waals surface area contributed by atoms with Crippen LogP contribution in [0.5, 0.6) is 0 Å². The number of nitrogens with two attached hydrogens (primary N) is 1. The molecule has 2 saturated heterocycles. The summed E-state index contributed by atoms with van der Waals surface area (Å²) in [4.78, 5) is 30.9. The zero-order chi connectivity index (χ0) is 37.3. The second-order valence-electron chi connectivity index (χ2n) is 13.4. The molecule has 18 nitrogen and oxygen atoms in total. The lowest BCUT2D eigenvalue weighted by Gasteiger charge is -2.46. The van der Waals surface area contributed by atoms with E-state index in [2.05, 4.69) is 16.9 Å². The number of carbonyl (C=O) groups is 2. The lowest BCUT2D eigenvalue weighted by atomic mass is 9.79. The molecule has 4 rings (SSSR count). The highest BCUT2D eigenvalue weighted by atomic mass is 16.8. The molecule has 288 valence electrons. The Labute approximate surface area is 295 Å². The molecule has 3 fully saturated rings. The van der Waals surface area contributed by atoms with E-state index < -0.39 is 84.9 Å². The number of carboxylic acids is 1. The van der Waals surface area contributed by atoms with Gasteiger partial charge in [-0.2, -0.15) is 0 Å².